The van der Waals surface area contributed by atoms with Gasteiger partial charge in [0.25, 0.3) is 0 Å². The summed E-state index contributed by atoms with van der Waals surface area (Å²) in [5.41, 5.74) is 3.60. The first kappa shape index (κ1) is 21.2. The summed E-state index contributed by atoms with van der Waals surface area (Å²) in [6.45, 7) is 3.71. The van der Waals surface area contributed by atoms with Crippen LogP contribution in [0, 0.1) is 0 Å². The molecule has 3 heterocycles. The maximum Gasteiger partial charge on any atom is 0.247 e. The van der Waals surface area contributed by atoms with Crippen LogP contribution in [0.15, 0.2) is 72.1 Å². The molecule has 0 radical (unpaired) electrons. The Bertz CT molecular complexity index is 1030. The lowest BCUT2D eigenvalue weighted by Gasteiger charge is -2.43. The number of para-hydroxylation sites is 1. The molecule has 1 spiro atoms. The number of hydrogen-bond donors (Lipinski definition) is 1. The number of piperidine rings is 1. The molecule has 2 fully saturated rings. The Kier molecular flexibility index (Phi) is 6.28. The summed E-state index contributed by atoms with van der Waals surface area (Å²) in [5, 5.41) is 5.25. The Labute approximate surface area is 194 Å². The van der Waals surface area contributed by atoms with Gasteiger partial charge in [-0.3, -0.25) is 4.79 Å². The molecular formula is C27H31N3OS. The monoisotopic (exact) mass is 445 g/mol. The van der Waals surface area contributed by atoms with Crippen molar-refractivity contribution < 1.29 is 4.79 Å². The number of nitrogens with one attached hydrogen (secondary N) is 1. The third-order valence-corrected chi connectivity index (χ3v) is 7.97. The van der Waals surface area contributed by atoms with Gasteiger partial charge in [0.15, 0.2) is 0 Å². The van der Waals surface area contributed by atoms with Gasteiger partial charge in [-0.2, -0.15) is 0 Å². The number of aryl methyl sites for hydroxylation is 1. The minimum Gasteiger partial charge on any atom is -0.339 e. The Morgan fingerprint density at radius 1 is 0.906 bits per heavy atom. The van der Waals surface area contributed by atoms with Crippen molar-refractivity contribution in [1.29, 1.82) is 0 Å². The summed E-state index contributed by atoms with van der Waals surface area (Å²) in [7, 11) is 0. The van der Waals surface area contributed by atoms with Gasteiger partial charge in [-0.25, -0.2) is 0 Å². The highest BCUT2D eigenvalue weighted by Crippen LogP contribution is 2.36. The number of likely N-dealkylation sites (tertiary alicyclic amines) is 1. The van der Waals surface area contributed by atoms with E-state index >= 15 is 0 Å². The molecule has 5 rings (SSSR count). The summed E-state index contributed by atoms with van der Waals surface area (Å²) < 4.78 is 0. The summed E-state index contributed by atoms with van der Waals surface area (Å²) in [6.07, 6.45) is 5.31. The second-order valence-electron chi connectivity index (χ2n) is 8.89. The number of carbonyl (C=O) groups is 1. The first-order valence-corrected chi connectivity index (χ1v) is 12.6. The smallest absolute Gasteiger partial charge is 0.247 e. The largest absolute Gasteiger partial charge is 0.339 e. The van der Waals surface area contributed by atoms with Gasteiger partial charge in [0.05, 0.1) is 6.67 Å². The molecule has 4 nitrogen and oxygen atoms in total. The van der Waals surface area contributed by atoms with E-state index in [1.807, 2.05) is 17.4 Å². The molecule has 2 aliphatic heterocycles. The minimum absolute atomic E-state index is 0.200. The van der Waals surface area contributed by atoms with Crippen molar-refractivity contribution in [3.8, 4) is 10.4 Å². The van der Waals surface area contributed by atoms with Crippen molar-refractivity contribution in [2.45, 2.75) is 37.6 Å². The Morgan fingerprint density at radius 2 is 1.69 bits per heavy atom. The quantitative estimate of drug-likeness (QED) is 0.510. The highest BCUT2D eigenvalue weighted by atomic mass is 32.1. The molecule has 3 aromatic rings. The van der Waals surface area contributed by atoms with E-state index < -0.39 is 0 Å². The number of carbonyl (C=O) groups excluding carboxylic acids is 1. The number of amides is 1. The lowest BCUT2D eigenvalue weighted by Crippen LogP contribution is -2.56. The molecule has 5 heteroatoms. The molecule has 0 saturated carbocycles. The molecule has 1 aromatic heterocycles. The van der Waals surface area contributed by atoms with Crippen molar-refractivity contribution in [2.24, 2.45) is 0 Å². The first-order chi connectivity index (χ1) is 15.8. The Balaban J connectivity index is 1.14. The van der Waals surface area contributed by atoms with E-state index in [0.717, 1.165) is 44.6 Å². The zero-order valence-corrected chi connectivity index (χ0v) is 19.3. The normalized spacial score (nSPS) is 18.2. The third-order valence-electron chi connectivity index (χ3n) is 7.06. The third kappa shape index (κ3) is 4.19. The average molecular weight is 446 g/mol. The summed E-state index contributed by atoms with van der Waals surface area (Å²) >= 11 is 1.82. The van der Waals surface area contributed by atoms with Gasteiger partial charge in [0.1, 0.15) is 5.54 Å². The molecule has 1 N–H and O–H groups in total. The second kappa shape index (κ2) is 9.47. The van der Waals surface area contributed by atoms with Gasteiger partial charge in [0, 0.05) is 23.7 Å². The van der Waals surface area contributed by atoms with E-state index in [-0.39, 0.29) is 11.4 Å². The van der Waals surface area contributed by atoms with Crippen LogP contribution in [-0.2, 0) is 11.2 Å². The van der Waals surface area contributed by atoms with Crippen LogP contribution in [0.5, 0.6) is 0 Å². The van der Waals surface area contributed by atoms with Gasteiger partial charge in [-0.05, 0) is 73.4 Å². The molecule has 32 heavy (non-hydrogen) atoms. The predicted molar refractivity (Wildman–Crippen MR) is 133 cm³/mol. The fourth-order valence-electron chi connectivity index (χ4n) is 5.24. The molecular weight excluding hydrogens is 414 g/mol. The van der Waals surface area contributed by atoms with Crippen molar-refractivity contribution in [3.05, 3.63) is 77.7 Å². The number of anilines is 1. The van der Waals surface area contributed by atoms with Crippen molar-refractivity contribution in [3.63, 3.8) is 0 Å². The van der Waals surface area contributed by atoms with Crippen LogP contribution in [-0.4, -0.2) is 42.6 Å². The van der Waals surface area contributed by atoms with E-state index in [9.17, 15) is 4.79 Å². The number of nitrogens with zero attached hydrogens (tertiary/aromatic N) is 2. The molecule has 2 aliphatic rings. The topological polar surface area (TPSA) is 35.6 Å². The molecule has 2 aromatic carbocycles. The predicted octanol–water partition coefficient (Wildman–Crippen LogP) is 5.17. The molecule has 166 valence electrons. The number of hydrogen-bond acceptors (Lipinski definition) is 4. The fraction of sp³-hybridized carbons (Fsp3) is 0.370. The molecule has 0 unspecified atom stereocenters. The molecule has 0 bridgehead atoms. The second-order valence-corrected chi connectivity index (χ2v) is 9.84. The van der Waals surface area contributed by atoms with E-state index in [4.69, 9.17) is 0 Å². The van der Waals surface area contributed by atoms with Crippen LogP contribution >= 0.6 is 11.3 Å². The molecule has 2 saturated heterocycles. The minimum atomic E-state index is -0.377. The van der Waals surface area contributed by atoms with Gasteiger partial charge >= 0.3 is 0 Å². The van der Waals surface area contributed by atoms with Crippen LogP contribution < -0.4 is 10.2 Å². The fourth-order valence-corrected chi connectivity index (χ4v) is 6.03. The Hall–Kier alpha value is -2.63. The zero-order valence-electron chi connectivity index (χ0n) is 18.5. The van der Waals surface area contributed by atoms with Gasteiger partial charge < -0.3 is 15.1 Å². The van der Waals surface area contributed by atoms with Gasteiger partial charge in [-0.1, -0.05) is 48.5 Å². The van der Waals surface area contributed by atoms with Crippen LogP contribution in [0.4, 0.5) is 5.69 Å². The van der Waals surface area contributed by atoms with Crippen molar-refractivity contribution in [1.82, 2.24) is 10.2 Å². The van der Waals surface area contributed by atoms with Crippen LogP contribution in [0.25, 0.3) is 10.4 Å². The van der Waals surface area contributed by atoms with Gasteiger partial charge in [-0.15, -0.1) is 11.3 Å². The standard InChI is InChI=1S/C27H31N3OS/c31-26-27(30(21-28-26)23-11-2-1-3-12-23)15-18-29(19-16-27)17-7-6-10-22-9-4-5-13-24(22)25-14-8-20-32-25/h1-5,8-9,11-14,20H,6-7,10,15-19,21H2,(H,28,31). The maximum absolute atomic E-state index is 12.8. The number of benzene rings is 2. The molecule has 0 aliphatic carbocycles. The lowest BCUT2D eigenvalue weighted by molar-refractivity contribution is -0.125. The van der Waals surface area contributed by atoms with Crippen molar-refractivity contribution >= 4 is 22.9 Å². The van der Waals surface area contributed by atoms with E-state index in [1.54, 1.807) is 0 Å². The van der Waals surface area contributed by atoms with E-state index in [2.05, 4.69) is 81.2 Å². The van der Waals surface area contributed by atoms with Crippen molar-refractivity contribution in [2.75, 3.05) is 31.2 Å². The number of rotatable bonds is 7. The first-order valence-electron chi connectivity index (χ1n) is 11.7. The Morgan fingerprint density at radius 3 is 2.47 bits per heavy atom. The summed E-state index contributed by atoms with van der Waals surface area (Å²) in [5.74, 6) is 0.200. The van der Waals surface area contributed by atoms with Gasteiger partial charge in [0.2, 0.25) is 5.91 Å². The number of thiophene rings is 1. The summed E-state index contributed by atoms with van der Waals surface area (Å²) in [6, 6.07) is 23.5. The average Bonchev–Trinajstić information content (AvgIpc) is 3.48. The molecule has 1 amide bonds. The van der Waals surface area contributed by atoms with Crippen LogP contribution in [0.3, 0.4) is 0 Å². The highest BCUT2D eigenvalue weighted by molar-refractivity contribution is 7.13. The van der Waals surface area contributed by atoms with E-state index in [0.29, 0.717) is 6.67 Å². The highest BCUT2D eigenvalue weighted by Gasteiger charge is 2.50. The SMILES string of the molecule is O=C1NCN(c2ccccc2)C12CCN(CCCCc1ccccc1-c1cccs1)CC2. The lowest BCUT2D eigenvalue weighted by atomic mass is 9.85. The zero-order chi connectivity index (χ0) is 21.8. The molecule has 0 atom stereocenters. The van der Waals surface area contributed by atoms with E-state index in [1.165, 1.54) is 28.8 Å². The maximum atomic E-state index is 12.8. The van der Waals surface area contributed by atoms with Crippen LogP contribution in [0.2, 0.25) is 0 Å². The van der Waals surface area contributed by atoms with Crippen LogP contribution in [0.1, 0.15) is 31.2 Å². The summed E-state index contributed by atoms with van der Waals surface area (Å²) in [4.78, 5) is 19.0. The number of unbranched alkanes of at least 4 members (excludes halogenated alkanes) is 1.